The monoisotopic (exact) mass is 524 g/mol. The van der Waals surface area contributed by atoms with Gasteiger partial charge in [0.15, 0.2) is 0 Å². The number of benzene rings is 2. The molecule has 2 aromatic rings. The van der Waals surface area contributed by atoms with Crippen LogP contribution >= 0.6 is 0 Å². The number of hydrogen-bond acceptors (Lipinski definition) is 6. The molecule has 8 heteroatoms. The molecule has 8 nitrogen and oxygen atoms in total. The number of Topliss-reactive ketones (excluding diaryl/α,β-unsaturated/α-hetero) is 2. The maximum atomic E-state index is 12.8. The molecule has 0 aliphatic rings. The molecule has 0 fully saturated rings. The van der Waals surface area contributed by atoms with Crippen LogP contribution in [0.5, 0.6) is 0 Å². The average Bonchev–Trinajstić information content (AvgIpc) is 2.83. The minimum Gasteiger partial charge on any atom is -0.444 e. The van der Waals surface area contributed by atoms with Gasteiger partial charge in [-0.05, 0) is 65.5 Å². The van der Waals surface area contributed by atoms with Crippen molar-refractivity contribution in [3.63, 3.8) is 0 Å². The highest BCUT2D eigenvalue weighted by molar-refractivity contribution is 6.49. The van der Waals surface area contributed by atoms with Crippen molar-refractivity contribution in [2.75, 3.05) is 27.2 Å². The highest BCUT2D eigenvalue weighted by atomic mass is 16.6. The number of carbonyl (C=O) groups is 4. The second-order valence-corrected chi connectivity index (χ2v) is 11.4. The van der Waals surface area contributed by atoms with Gasteiger partial charge >= 0.3 is 12.2 Å². The number of likely N-dealkylation sites (N-methyl/N-ethyl adjacent to an activating group) is 2. The fourth-order valence-electron chi connectivity index (χ4n) is 3.36. The van der Waals surface area contributed by atoms with E-state index < -0.39 is 35.0 Å². The van der Waals surface area contributed by atoms with Crippen molar-refractivity contribution in [2.45, 2.75) is 65.6 Å². The Balaban J connectivity index is 1.90. The van der Waals surface area contributed by atoms with Gasteiger partial charge < -0.3 is 19.3 Å². The number of rotatable bonds is 9. The van der Waals surface area contributed by atoms with Crippen molar-refractivity contribution in [2.24, 2.45) is 0 Å². The van der Waals surface area contributed by atoms with Crippen LogP contribution in [0.3, 0.4) is 0 Å². The molecule has 0 spiro atoms. The van der Waals surface area contributed by atoms with E-state index in [0.717, 1.165) is 11.1 Å². The summed E-state index contributed by atoms with van der Waals surface area (Å²) in [6.45, 7) is 11.8. The molecule has 0 N–H and O–H groups in total. The summed E-state index contributed by atoms with van der Waals surface area (Å²) in [6.07, 6.45) is 0.387. The van der Waals surface area contributed by atoms with Crippen molar-refractivity contribution in [1.29, 1.82) is 0 Å². The molecule has 38 heavy (non-hydrogen) atoms. The third-order valence-corrected chi connectivity index (χ3v) is 5.52. The van der Waals surface area contributed by atoms with Gasteiger partial charge in [-0.15, -0.1) is 0 Å². The Morgan fingerprint density at radius 2 is 0.868 bits per heavy atom. The Morgan fingerprint density at radius 3 is 1.13 bits per heavy atom. The standard InChI is InChI=1S/C30H40N2O6/c1-29(2,3)37-27(35)31(7)19-17-21-9-13-23(14-10-21)25(33)26(34)24-15-11-22(12-16-24)18-20-32(8)28(36)38-30(4,5)6/h9-16H,17-20H2,1-8H3. The van der Waals surface area contributed by atoms with Crippen molar-refractivity contribution in [3.8, 4) is 0 Å². The molecule has 0 atom stereocenters. The molecule has 0 aliphatic heterocycles. The molecule has 0 aliphatic carbocycles. The lowest BCUT2D eigenvalue weighted by Gasteiger charge is -2.24. The molecule has 2 aromatic carbocycles. The number of amides is 2. The molecule has 0 unspecified atom stereocenters. The quantitative estimate of drug-likeness (QED) is 0.314. The Labute approximate surface area is 225 Å². The Kier molecular flexibility index (Phi) is 10.2. The number of nitrogens with zero attached hydrogens (tertiary/aromatic N) is 2. The van der Waals surface area contributed by atoms with Gasteiger partial charge in [-0.1, -0.05) is 48.5 Å². The van der Waals surface area contributed by atoms with Crippen LogP contribution in [0.4, 0.5) is 9.59 Å². The van der Waals surface area contributed by atoms with Gasteiger partial charge in [0.25, 0.3) is 0 Å². The number of ether oxygens (including phenoxy) is 2. The molecule has 2 amide bonds. The summed E-state index contributed by atoms with van der Waals surface area (Å²) in [7, 11) is 3.35. The minimum atomic E-state index is -0.583. The van der Waals surface area contributed by atoms with Crippen LogP contribution in [0.1, 0.15) is 73.4 Å². The zero-order valence-electron chi connectivity index (χ0n) is 23.8. The van der Waals surface area contributed by atoms with Crippen LogP contribution in [0.15, 0.2) is 48.5 Å². The Bertz CT molecular complexity index is 1030. The smallest absolute Gasteiger partial charge is 0.410 e. The Morgan fingerprint density at radius 1 is 0.579 bits per heavy atom. The predicted molar refractivity (Wildman–Crippen MR) is 147 cm³/mol. The molecule has 0 heterocycles. The summed E-state index contributed by atoms with van der Waals surface area (Å²) in [6, 6.07) is 13.7. The maximum Gasteiger partial charge on any atom is 0.410 e. The Hall–Kier alpha value is -3.68. The summed E-state index contributed by atoms with van der Waals surface area (Å²) >= 11 is 0. The highest BCUT2D eigenvalue weighted by Gasteiger charge is 2.21. The number of hydrogen-bond donors (Lipinski definition) is 0. The molecule has 2 rings (SSSR count). The van der Waals surface area contributed by atoms with Crippen molar-refractivity contribution >= 4 is 23.8 Å². The van der Waals surface area contributed by atoms with Gasteiger partial charge in [-0.3, -0.25) is 9.59 Å². The van der Waals surface area contributed by atoms with E-state index in [9.17, 15) is 19.2 Å². The SMILES string of the molecule is CN(CCc1ccc(C(=O)C(=O)c2ccc(CCN(C)C(=O)OC(C)(C)C)cc2)cc1)C(=O)OC(C)(C)C. The predicted octanol–water partition coefficient (Wildman–Crippen LogP) is 5.57. The second-order valence-electron chi connectivity index (χ2n) is 11.4. The van der Waals surface area contributed by atoms with Crippen molar-refractivity contribution in [1.82, 2.24) is 9.80 Å². The van der Waals surface area contributed by atoms with Crippen LogP contribution in [0.25, 0.3) is 0 Å². The molecular weight excluding hydrogens is 484 g/mol. The summed E-state index contributed by atoms with van der Waals surface area (Å²) < 4.78 is 10.7. The van der Waals surface area contributed by atoms with E-state index in [1.807, 2.05) is 41.5 Å². The molecule has 0 aromatic heterocycles. The number of carbonyl (C=O) groups excluding carboxylic acids is 4. The normalized spacial score (nSPS) is 11.5. The van der Waals surface area contributed by atoms with E-state index in [0.29, 0.717) is 37.1 Å². The third-order valence-electron chi connectivity index (χ3n) is 5.52. The number of ketones is 2. The van der Waals surface area contributed by atoms with Crippen LogP contribution in [0, 0.1) is 0 Å². The van der Waals surface area contributed by atoms with Crippen molar-refractivity contribution in [3.05, 3.63) is 70.8 Å². The first-order valence-electron chi connectivity index (χ1n) is 12.7. The van der Waals surface area contributed by atoms with E-state index in [1.54, 1.807) is 62.6 Å². The molecule has 206 valence electrons. The lowest BCUT2D eigenvalue weighted by Crippen LogP contribution is -2.35. The van der Waals surface area contributed by atoms with E-state index in [2.05, 4.69) is 0 Å². The molecule has 0 saturated heterocycles. The molecule has 0 bridgehead atoms. The summed E-state index contributed by atoms with van der Waals surface area (Å²) in [4.78, 5) is 52.7. The second kappa shape index (κ2) is 12.7. The third kappa shape index (κ3) is 10.00. The van der Waals surface area contributed by atoms with Gasteiger partial charge in [0.2, 0.25) is 11.6 Å². The van der Waals surface area contributed by atoms with Crippen LogP contribution < -0.4 is 0 Å². The first kappa shape index (κ1) is 30.5. The fraction of sp³-hybridized carbons (Fsp3) is 0.467. The zero-order chi connectivity index (χ0) is 28.7. The first-order chi connectivity index (χ1) is 17.6. The van der Waals surface area contributed by atoms with E-state index in [-0.39, 0.29) is 0 Å². The lowest BCUT2D eigenvalue weighted by molar-refractivity contribution is 0.0290. The highest BCUT2D eigenvalue weighted by Crippen LogP contribution is 2.14. The van der Waals surface area contributed by atoms with Gasteiger partial charge in [0, 0.05) is 38.3 Å². The fourth-order valence-corrected chi connectivity index (χ4v) is 3.36. The average molecular weight is 525 g/mol. The van der Waals surface area contributed by atoms with Gasteiger partial charge in [0.05, 0.1) is 0 Å². The van der Waals surface area contributed by atoms with E-state index in [1.165, 1.54) is 9.80 Å². The largest absolute Gasteiger partial charge is 0.444 e. The zero-order valence-corrected chi connectivity index (χ0v) is 23.8. The molecule has 0 saturated carbocycles. The van der Waals surface area contributed by atoms with Gasteiger partial charge in [-0.2, -0.15) is 0 Å². The maximum absolute atomic E-state index is 12.8. The van der Waals surface area contributed by atoms with Crippen LogP contribution in [0.2, 0.25) is 0 Å². The van der Waals surface area contributed by atoms with Gasteiger partial charge in [0.1, 0.15) is 11.2 Å². The van der Waals surface area contributed by atoms with E-state index in [4.69, 9.17) is 9.47 Å². The minimum absolute atomic E-state index is 0.308. The molecular formula is C30H40N2O6. The summed E-state index contributed by atoms with van der Waals surface area (Å²) in [5, 5.41) is 0. The van der Waals surface area contributed by atoms with E-state index >= 15 is 0 Å². The summed E-state index contributed by atoms with van der Waals surface area (Å²) in [5.41, 5.74) is 1.37. The topological polar surface area (TPSA) is 93.2 Å². The summed E-state index contributed by atoms with van der Waals surface area (Å²) in [5.74, 6) is -1.17. The van der Waals surface area contributed by atoms with Crippen LogP contribution in [-0.4, -0.2) is 71.9 Å². The van der Waals surface area contributed by atoms with Crippen molar-refractivity contribution < 1.29 is 28.7 Å². The lowest BCUT2D eigenvalue weighted by atomic mass is 9.98. The first-order valence-corrected chi connectivity index (χ1v) is 12.7. The molecule has 0 radical (unpaired) electrons. The van der Waals surface area contributed by atoms with Crippen LogP contribution in [-0.2, 0) is 22.3 Å². The van der Waals surface area contributed by atoms with Gasteiger partial charge in [-0.25, -0.2) is 9.59 Å².